The molecule has 0 saturated heterocycles. The van der Waals surface area contributed by atoms with E-state index in [1.807, 2.05) is 78.9 Å². The number of hydrogen-bond acceptors (Lipinski definition) is 5. The molecule has 121 heavy (non-hydrogen) atoms. The second kappa shape index (κ2) is 47.1. The Morgan fingerprint density at radius 2 is 0.868 bits per heavy atom. The summed E-state index contributed by atoms with van der Waals surface area (Å²) in [7, 11) is -1.00. The summed E-state index contributed by atoms with van der Waals surface area (Å²) in [6, 6.07) is 128. The van der Waals surface area contributed by atoms with Crippen LogP contribution in [0.25, 0.3) is 115 Å². The third kappa shape index (κ3) is 24.0. The molecule has 0 unspecified atom stereocenters. The number of carbonyl (C=O) groups excluding carboxylic acids is 1. The minimum Gasteiger partial charge on any atom is -0.397 e. The highest BCUT2D eigenvalue weighted by Gasteiger charge is 2.22. The number of nitrogens with one attached hydrogen (secondary N) is 4. The number of ketones is 1. The normalized spacial score (nSPS) is 11.2. The van der Waals surface area contributed by atoms with Crippen LogP contribution in [0.5, 0.6) is 0 Å². The van der Waals surface area contributed by atoms with Crippen molar-refractivity contribution in [3.63, 3.8) is 0 Å². The second-order valence-corrected chi connectivity index (χ2v) is 32.5. The van der Waals surface area contributed by atoms with Crippen molar-refractivity contribution in [1.29, 1.82) is 0 Å². The molecule has 0 fully saturated rings. The van der Waals surface area contributed by atoms with E-state index in [0.717, 1.165) is 61.7 Å². The number of hydrogen-bond donors (Lipinski definition) is 6. The van der Waals surface area contributed by atoms with Crippen LogP contribution in [-0.2, 0) is 19.3 Å². The van der Waals surface area contributed by atoms with Crippen LogP contribution >= 0.6 is 111 Å². The quantitative estimate of drug-likeness (QED) is 0.0562. The number of aliphatic hydroxyl groups excluding tert-OH is 1. The fourth-order valence-corrected chi connectivity index (χ4v) is 16.7. The Morgan fingerprint density at radius 3 is 1.40 bits per heavy atom. The topological polar surface area (TPSA) is 124 Å². The summed E-state index contributed by atoms with van der Waals surface area (Å²) in [6.07, 6.45) is 5.02. The zero-order chi connectivity index (χ0) is 84.1. The van der Waals surface area contributed by atoms with Crippen molar-refractivity contribution < 1.29 is 18.6 Å². The molecule has 0 radical (unpaired) electrons. The fourth-order valence-electron chi connectivity index (χ4n) is 14.7. The zero-order valence-corrected chi connectivity index (χ0v) is 75.3. The van der Waals surface area contributed by atoms with Crippen molar-refractivity contribution in [2.45, 2.75) is 53.9 Å². The average molecular weight is 2020 g/mol. The molecule has 0 bridgehead atoms. The van der Waals surface area contributed by atoms with Crippen LogP contribution < -0.4 is 16.6 Å². The smallest absolute Gasteiger partial charge is 0.163 e. The van der Waals surface area contributed by atoms with E-state index in [0.29, 0.717) is 12.2 Å². The lowest BCUT2D eigenvalue weighted by molar-refractivity contribution is 0.0972. The summed E-state index contributed by atoms with van der Waals surface area (Å²) in [5.74, 6) is 5.39. The number of benzene rings is 16. The summed E-state index contributed by atoms with van der Waals surface area (Å²) in [6.45, 7) is 1.93. The Hall–Kier alpha value is -10.5. The lowest BCUT2D eigenvalue weighted by Gasteiger charge is -2.16. The molecule has 2 aliphatic carbocycles. The number of anilines is 3. The maximum Gasteiger partial charge on any atom is 0.163 e. The Morgan fingerprint density at radius 1 is 0.446 bits per heavy atom. The van der Waals surface area contributed by atoms with E-state index >= 15 is 0 Å². The molecule has 0 aliphatic heterocycles. The van der Waals surface area contributed by atoms with E-state index in [2.05, 4.69) is 403 Å². The van der Waals surface area contributed by atoms with E-state index in [9.17, 15) is 9.18 Å². The van der Waals surface area contributed by atoms with Gasteiger partial charge in [-0.2, -0.15) is 0 Å². The number of hydrazine groups is 1. The number of Topliss-reactive ketones (excluding diaryl/α,β-unsaturated/α-hetero) is 1. The first-order chi connectivity index (χ1) is 58.8. The Bertz CT molecular complexity index is 6440. The number of aliphatic hydroxyl groups is 1. The first-order valence-corrected chi connectivity index (χ1v) is 42.8. The Balaban J connectivity index is 0.000000181. The molecule has 0 amide bonds. The summed E-state index contributed by atoms with van der Waals surface area (Å²) < 4.78 is 33.6. The Labute approximate surface area is 773 Å². The summed E-state index contributed by atoms with van der Waals surface area (Å²) in [4.78, 5) is 18.5. The van der Waals surface area contributed by atoms with Gasteiger partial charge in [0.1, 0.15) is 0 Å². The van der Waals surface area contributed by atoms with Crippen molar-refractivity contribution in [2.75, 3.05) is 24.5 Å². The minimum absolute atomic E-state index is 0. The van der Waals surface area contributed by atoms with Crippen molar-refractivity contribution in [1.82, 2.24) is 14.5 Å². The molecule has 0 spiro atoms. The number of fused-ring (bicyclic) bond motifs is 16. The lowest BCUT2D eigenvalue weighted by atomic mass is 9.89. The van der Waals surface area contributed by atoms with E-state index < -0.39 is 7.15 Å². The lowest BCUT2D eigenvalue weighted by Crippen LogP contribution is -2.10. The molecule has 16 aromatic carbocycles. The maximum atomic E-state index is 11.4. The third-order valence-electron chi connectivity index (χ3n) is 20.0. The second-order valence-electron chi connectivity index (χ2n) is 27.6. The van der Waals surface area contributed by atoms with Gasteiger partial charge in [-0.15, -0.1) is 24.8 Å². The number of halogens is 8. The molecule has 8 nitrogen and oxygen atoms in total. The molecule has 0 atom stereocenters. The number of carbonyl (C=O) groups is 1. The molecule has 3 heterocycles. The van der Waals surface area contributed by atoms with Gasteiger partial charge in [-0.1, -0.05) is 321 Å². The summed E-state index contributed by atoms with van der Waals surface area (Å²) >= 11 is 16.3. The predicted octanol–water partition coefficient (Wildman–Crippen LogP) is 32.6. The average Bonchev–Trinajstić information content (AvgIpc) is 1.58. The highest BCUT2D eigenvalue weighted by Crippen LogP contribution is 2.41. The van der Waals surface area contributed by atoms with Gasteiger partial charge in [0, 0.05) is 126 Å². The van der Waals surface area contributed by atoms with Crippen LogP contribution in [0.2, 0.25) is 0 Å². The number of aryl methyl sites for hydroxylation is 3. The number of aromatic nitrogens is 3. The van der Waals surface area contributed by atoms with Gasteiger partial charge in [0.25, 0.3) is 0 Å². The van der Waals surface area contributed by atoms with Gasteiger partial charge >= 0.3 is 0 Å². The molecule has 616 valence electrons. The molecule has 2 aliphatic rings. The molecule has 16 heteroatoms. The molecule has 19 aromatic rings. The van der Waals surface area contributed by atoms with Crippen LogP contribution in [0.3, 0.4) is 0 Å². The first kappa shape index (κ1) is 91.3. The number of para-hydroxylation sites is 5. The molecule has 7 N–H and O–H groups in total. The number of nitrogen functional groups attached to an aromatic ring is 1. The van der Waals surface area contributed by atoms with Gasteiger partial charge in [0.05, 0.1) is 25.1 Å². The van der Waals surface area contributed by atoms with E-state index in [-0.39, 0.29) is 46.3 Å². The first-order valence-electron chi connectivity index (χ1n) is 40.2. The Kier molecular flexibility index (Phi) is 35.5. The SMILES string of the molecule is Brc1ccc2c(c1)CCc1c-2[nH]c2ccccc12.Brc1ccc2c(ccc3c4ccccc4[nH]c23)c1.Brc1ccc2c(ccc3c4ccccc4n(-c4ccccc4)c23)c1.C.C.CCO.Cl.Cl.Ic1ccccc1.NNc1ccccc1.O=C1CCCc2cc(Br)ccc21.[2H]CF.[2H][2H].c1ccc(-c2ccc(Nc3ccc(-c4ccccc4)cc3)cc2)cc1. The maximum absolute atomic E-state index is 11.4. The van der Waals surface area contributed by atoms with E-state index in [1.165, 1.54) is 140 Å². The van der Waals surface area contributed by atoms with Crippen molar-refractivity contribution in [3.05, 3.63) is 414 Å². The van der Waals surface area contributed by atoms with Crippen LogP contribution in [0.15, 0.2) is 388 Å². The number of rotatable bonds is 6. The van der Waals surface area contributed by atoms with Gasteiger partial charge in [0.15, 0.2) is 5.78 Å². The number of nitrogens with two attached hydrogens (primary N) is 1. The van der Waals surface area contributed by atoms with Crippen molar-refractivity contribution in [2.24, 2.45) is 5.84 Å². The van der Waals surface area contributed by atoms with E-state index in [4.69, 9.17) is 15.3 Å². The zero-order valence-electron chi connectivity index (χ0n) is 68.1. The number of nitrogens with zero attached hydrogens (tertiary/aromatic N) is 1. The predicted molar refractivity (Wildman–Crippen MR) is 548 cm³/mol. The minimum atomic E-state index is -1.00. The molecular formula is C105H98Br4Cl2FIN6O2. The van der Waals surface area contributed by atoms with E-state index in [1.54, 1.807) is 6.92 Å². The van der Waals surface area contributed by atoms with Crippen molar-refractivity contribution in [3.8, 4) is 39.2 Å². The fraction of sp³-hybridized carbons (Fsp3) is 0.0952. The highest BCUT2D eigenvalue weighted by atomic mass is 127. The molecule has 21 rings (SSSR count). The number of alkyl halides is 1. The van der Waals surface area contributed by atoms with Crippen molar-refractivity contribution >= 4 is 210 Å². The van der Waals surface area contributed by atoms with Gasteiger partial charge in [-0.05, 0) is 232 Å². The van der Waals surface area contributed by atoms with Gasteiger partial charge in [0.2, 0.25) is 0 Å². The number of aromatic amines is 2. The molecule has 3 aromatic heterocycles. The van der Waals surface area contributed by atoms with Gasteiger partial charge in [-0.25, -0.2) is 0 Å². The monoisotopic (exact) mass is 2010 g/mol. The van der Waals surface area contributed by atoms with Crippen LogP contribution in [0.4, 0.5) is 21.5 Å². The molecule has 0 saturated carbocycles. The van der Waals surface area contributed by atoms with Crippen LogP contribution in [0, 0.1) is 3.57 Å². The number of H-pyrrole nitrogens is 2. The highest BCUT2D eigenvalue weighted by molar-refractivity contribution is 14.1. The summed E-state index contributed by atoms with van der Waals surface area (Å²) in [5, 5.41) is 22.6. The van der Waals surface area contributed by atoms with Gasteiger partial charge < -0.3 is 30.4 Å². The van der Waals surface area contributed by atoms with Gasteiger partial charge in [-0.3, -0.25) is 15.0 Å². The standard InChI is InChI=1S/C24H19N.C22H14BrN.C16H12BrN.C16H10BrN.C10H9BrO.C6H5I.C6H8N2.C2H6O.CH3F.2CH4.2ClH.H2/c1-3-7-19(8-4-1)21-11-15-23(16-12-21)25-24-17-13-22(14-18-24)20-9-5-2-6-10-20;23-16-11-13-18-15(14-16)10-12-20-19-8-4-5-9-21(19)24(22(18)20)17-6-2-1-3-7-17;2*17-11-6-8-12-10(9-11)5-7-14-13-3-1-2-4-15(13)18-16(12)14;11-8-4-5-9-7(6-8)2-1-3-10(9)12;7-6-4-2-1-3-5-6;7-8-6-4-2-1-3-5-6;1-2-3;1-2;;;;;/h1-18,25H;1-14H;1-4,6,8-9,18H,5,7H2;1-9,18H;4-6H,1-3H2;1-5H;1-5,8H,7H2;3H,2H2,1H3;1H3;2*1H4;3*1H/i;;;;;;;;1D;;;;;1+1D. The van der Waals surface area contributed by atoms with Crippen LogP contribution in [0.1, 0.15) is 66.0 Å². The third-order valence-corrected chi connectivity index (χ3v) is 22.7. The largest absolute Gasteiger partial charge is 0.397 e. The summed E-state index contributed by atoms with van der Waals surface area (Å²) in [5.41, 5.74) is 25.6. The molecular weight excluding hydrogens is 1910 g/mol. The van der Waals surface area contributed by atoms with Crippen LogP contribution in [-0.4, -0.2) is 39.2 Å².